The molecule has 28 heavy (non-hydrogen) atoms. The first-order valence-corrected chi connectivity index (χ1v) is 9.77. The highest BCUT2D eigenvalue weighted by Gasteiger charge is 2.25. The standard InChI is InChI=1S/C23H24FN3O/c1-15(2)22-20(14-25-27(22)18-12-10-17(24)11-13-18)23(28)26-21-9-5-7-16-6-3-4-8-19(16)21/h3-4,6,8,10-15,21H,5,7,9H2,1-2H3,(H,26,28). The first-order valence-electron chi connectivity index (χ1n) is 9.77. The second kappa shape index (κ2) is 7.58. The molecule has 1 aliphatic rings. The molecule has 4 rings (SSSR count). The topological polar surface area (TPSA) is 46.9 Å². The van der Waals surface area contributed by atoms with Gasteiger partial charge in [-0.05, 0) is 60.6 Å². The Hall–Kier alpha value is -2.95. The van der Waals surface area contributed by atoms with E-state index in [0.29, 0.717) is 5.56 Å². The summed E-state index contributed by atoms with van der Waals surface area (Å²) in [6.45, 7) is 4.06. The largest absolute Gasteiger partial charge is 0.345 e. The number of nitrogens with one attached hydrogen (secondary N) is 1. The number of rotatable bonds is 4. The minimum Gasteiger partial charge on any atom is -0.345 e. The fraction of sp³-hybridized carbons (Fsp3) is 0.304. The molecule has 2 aromatic carbocycles. The Balaban J connectivity index is 1.64. The smallest absolute Gasteiger partial charge is 0.255 e. The van der Waals surface area contributed by atoms with Crippen LogP contribution in [0.25, 0.3) is 5.69 Å². The van der Waals surface area contributed by atoms with Crippen LogP contribution in [0.5, 0.6) is 0 Å². The molecule has 1 aliphatic carbocycles. The summed E-state index contributed by atoms with van der Waals surface area (Å²) in [4.78, 5) is 13.1. The van der Waals surface area contributed by atoms with Crippen LogP contribution in [0.4, 0.5) is 4.39 Å². The number of amides is 1. The third-order valence-corrected chi connectivity index (χ3v) is 5.34. The number of nitrogens with zero attached hydrogens (tertiary/aromatic N) is 2. The second-order valence-electron chi connectivity index (χ2n) is 7.60. The van der Waals surface area contributed by atoms with Crippen LogP contribution in [-0.2, 0) is 6.42 Å². The lowest BCUT2D eigenvalue weighted by Crippen LogP contribution is -2.31. The number of halogens is 1. The first kappa shape index (κ1) is 18.4. The second-order valence-corrected chi connectivity index (χ2v) is 7.60. The van der Waals surface area contributed by atoms with E-state index in [-0.39, 0.29) is 23.7 Å². The molecule has 5 heteroatoms. The molecule has 3 aromatic rings. The van der Waals surface area contributed by atoms with Crippen LogP contribution in [0.15, 0.2) is 54.7 Å². The number of benzene rings is 2. The molecule has 144 valence electrons. The summed E-state index contributed by atoms with van der Waals surface area (Å²) in [5, 5.41) is 7.64. The predicted molar refractivity (Wildman–Crippen MR) is 107 cm³/mol. The van der Waals surface area contributed by atoms with Crippen molar-refractivity contribution in [3.63, 3.8) is 0 Å². The van der Waals surface area contributed by atoms with Gasteiger partial charge in [0.25, 0.3) is 5.91 Å². The van der Waals surface area contributed by atoms with E-state index in [9.17, 15) is 9.18 Å². The molecule has 1 unspecified atom stereocenters. The number of hydrogen-bond acceptors (Lipinski definition) is 2. The zero-order valence-electron chi connectivity index (χ0n) is 16.2. The molecule has 1 amide bonds. The quantitative estimate of drug-likeness (QED) is 0.700. The molecule has 0 bridgehead atoms. The normalized spacial score (nSPS) is 16.1. The van der Waals surface area contributed by atoms with E-state index in [1.54, 1.807) is 23.0 Å². The number of carbonyl (C=O) groups excluding carboxylic acids is 1. The molecule has 0 fully saturated rings. The fourth-order valence-corrected chi connectivity index (χ4v) is 4.02. The minimum absolute atomic E-state index is 0.0200. The van der Waals surface area contributed by atoms with E-state index in [0.717, 1.165) is 30.6 Å². The number of aromatic nitrogens is 2. The number of carbonyl (C=O) groups is 1. The van der Waals surface area contributed by atoms with Gasteiger partial charge in [-0.2, -0.15) is 5.10 Å². The molecular formula is C23H24FN3O. The van der Waals surface area contributed by atoms with E-state index in [1.165, 1.54) is 23.3 Å². The molecule has 1 atom stereocenters. The van der Waals surface area contributed by atoms with Gasteiger partial charge < -0.3 is 5.32 Å². The van der Waals surface area contributed by atoms with Gasteiger partial charge in [-0.1, -0.05) is 38.1 Å². The average molecular weight is 377 g/mol. The van der Waals surface area contributed by atoms with Gasteiger partial charge in [-0.3, -0.25) is 4.79 Å². The van der Waals surface area contributed by atoms with Crippen LogP contribution in [0.2, 0.25) is 0 Å². The van der Waals surface area contributed by atoms with Gasteiger partial charge in [-0.15, -0.1) is 0 Å². The number of hydrogen-bond donors (Lipinski definition) is 1. The van der Waals surface area contributed by atoms with E-state index in [4.69, 9.17) is 0 Å². The van der Waals surface area contributed by atoms with Crippen molar-refractivity contribution < 1.29 is 9.18 Å². The molecule has 0 saturated heterocycles. The van der Waals surface area contributed by atoms with Crippen molar-refractivity contribution in [1.82, 2.24) is 15.1 Å². The summed E-state index contributed by atoms with van der Waals surface area (Å²) < 4.78 is 15.0. The fourth-order valence-electron chi connectivity index (χ4n) is 4.02. The molecule has 0 saturated carbocycles. The van der Waals surface area contributed by atoms with E-state index >= 15 is 0 Å². The Labute approximate surface area is 164 Å². The summed E-state index contributed by atoms with van der Waals surface area (Å²) in [5.41, 5.74) is 4.66. The van der Waals surface area contributed by atoms with Gasteiger partial charge in [0.05, 0.1) is 29.2 Å². The van der Waals surface area contributed by atoms with Crippen LogP contribution in [0, 0.1) is 5.82 Å². The zero-order valence-corrected chi connectivity index (χ0v) is 16.2. The molecule has 4 nitrogen and oxygen atoms in total. The molecule has 0 spiro atoms. The maximum absolute atomic E-state index is 13.3. The Kier molecular flexibility index (Phi) is 4.99. The van der Waals surface area contributed by atoms with Crippen molar-refractivity contribution in [3.8, 4) is 5.69 Å². The Bertz CT molecular complexity index is 991. The maximum atomic E-state index is 13.3. The van der Waals surface area contributed by atoms with Gasteiger partial charge >= 0.3 is 0 Å². The first-order chi connectivity index (χ1) is 13.5. The molecule has 1 heterocycles. The van der Waals surface area contributed by atoms with Gasteiger partial charge in [0, 0.05) is 0 Å². The predicted octanol–water partition coefficient (Wildman–Crippen LogP) is 4.94. The lowest BCUT2D eigenvalue weighted by atomic mass is 9.87. The van der Waals surface area contributed by atoms with E-state index in [2.05, 4.69) is 22.5 Å². The minimum atomic E-state index is -0.295. The van der Waals surface area contributed by atoms with Crippen LogP contribution >= 0.6 is 0 Å². The van der Waals surface area contributed by atoms with Crippen molar-refractivity contribution in [2.75, 3.05) is 0 Å². The average Bonchev–Trinajstić information content (AvgIpc) is 3.14. The summed E-state index contributed by atoms with van der Waals surface area (Å²) in [6, 6.07) is 14.5. The van der Waals surface area contributed by atoms with Crippen LogP contribution in [-0.4, -0.2) is 15.7 Å². The lowest BCUT2D eigenvalue weighted by molar-refractivity contribution is 0.0931. The highest BCUT2D eigenvalue weighted by Crippen LogP contribution is 2.30. The summed E-state index contributed by atoms with van der Waals surface area (Å²) in [7, 11) is 0. The van der Waals surface area contributed by atoms with Gasteiger partial charge in [-0.25, -0.2) is 9.07 Å². The third kappa shape index (κ3) is 3.44. The highest BCUT2D eigenvalue weighted by atomic mass is 19.1. The van der Waals surface area contributed by atoms with Gasteiger partial charge in [0.2, 0.25) is 0 Å². The van der Waals surface area contributed by atoms with Gasteiger partial charge in [0.1, 0.15) is 5.82 Å². The SMILES string of the molecule is CC(C)c1c(C(=O)NC2CCCc3ccccc32)cnn1-c1ccc(F)cc1. The molecule has 0 aliphatic heterocycles. The van der Waals surface area contributed by atoms with Crippen molar-refractivity contribution in [2.45, 2.75) is 45.1 Å². The Morgan fingerprint density at radius 2 is 1.93 bits per heavy atom. The van der Waals surface area contributed by atoms with E-state index in [1.807, 2.05) is 26.0 Å². The Morgan fingerprint density at radius 1 is 1.18 bits per heavy atom. The van der Waals surface area contributed by atoms with Crippen LogP contribution < -0.4 is 5.32 Å². The maximum Gasteiger partial charge on any atom is 0.255 e. The summed E-state index contributed by atoms with van der Waals surface area (Å²) in [5.74, 6) is -0.318. The van der Waals surface area contributed by atoms with Crippen molar-refractivity contribution >= 4 is 5.91 Å². The molecule has 1 aromatic heterocycles. The van der Waals surface area contributed by atoms with Crippen molar-refractivity contribution in [2.24, 2.45) is 0 Å². The molecule has 1 N–H and O–H groups in total. The Morgan fingerprint density at radius 3 is 2.68 bits per heavy atom. The van der Waals surface area contributed by atoms with Crippen molar-refractivity contribution in [3.05, 3.63) is 82.9 Å². The monoisotopic (exact) mass is 377 g/mol. The highest BCUT2D eigenvalue weighted by molar-refractivity contribution is 5.95. The summed E-state index contributed by atoms with van der Waals surface area (Å²) in [6.07, 6.45) is 4.67. The third-order valence-electron chi connectivity index (χ3n) is 5.34. The van der Waals surface area contributed by atoms with Crippen molar-refractivity contribution in [1.29, 1.82) is 0 Å². The van der Waals surface area contributed by atoms with E-state index < -0.39 is 0 Å². The number of aryl methyl sites for hydroxylation is 1. The lowest BCUT2D eigenvalue weighted by Gasteiger charge is -2.26. The zero-order chi connectivity index (χ0) is 19.7. The summed E-state index contributed by atoms with van der Waals surface area (Å²) >= 11 is 0. The molecular weight excluding hydrogens is 353 g/mol. The van der Waals surface area contributed by atoms with Crippen LogP contribution in [0.3, 0.4) is 0 Å². The number of fused-ring (bicyclic) bond motifs is 1. The molecule has 0 radical (unpaired) electrons. The van der Waals surface area contributed by atoms with Crippen LogP contribution in [0.1, 0.15) is 65.8 Å². The van der Waals surface area contributed by atoms with Gasteiger partial charge in [0.15, 0.2) is 0 Å².